The van der Waals surface area contributed by atoms with Gasteiger partial charge in [0, 0.05) is 44.0 Å². The van der Waals surface area contributed by atoms with Crippen molar-refractivity contribution in [3.8, 4) is 0 Å². The Morgan fingerprint density at radius 2 is 1.89 bits per heavy atom. The Kier molecular flexibility index (Phi) is 4.71. The number of anilines is 1. The van der Waals surface area contributed by atoms with Gasteiger partial charge in [-0.15, -0.1) is 0 Å². The van der Waals surface area contributed by atoms with Crippen LogP contribution in [0.2, 0.25) is 0 Å². The molecule has 2 aromatic heterocycles. The second-order valence-electron chi connectivity index (χ2n) is 7.41. The first-order valence-corrected chi connectivity index (χ1v) is 11.0. The molecule has 27 heavy (non-hydrogen) atoms. The van der Waals surface area contributed by atoms with Gasteiger partial charge in [0.2, 0.25) is 0 Å². The number of nitrogens with zero attached hydrogens (tertiary/aromatic N) is 3. The Balaban J connectivity index is 1.50. The highest BCUT2D eigenvalue weighted by atomic mass is 32.2. The number of rotatable bonds is 5. The number of H-pyrrole nitrogens is 1. The molecular formula is C18H25N5O3S. The molecule has 2 aromatic rings. The largest absolute Gasteiger partial charge is 0.356 e. The molecule has 1 aliphatic heterocycles. The van der Waals surface area contributed by atoms with Crippen LogP contribution in [0.4, 0.5) is 5.82 Å². The third-order valence-corrected chi connectivity index (χ3v) is 6.85. The number of sulfonamides is 1. The van der Waals surface area contributed by atoms with Crippen LogP contribution in [0.5, 0.6) is 0 Å². The van der Waals surface area contributed by atoms with E-state index in [2.05, 4.69) is 14.8 Å². The topological polar surface area (TPSA) is 100 Å². The van der Waals surface area contributed by atoms with Crippen molar-refractivity contribution < 1.29 is 13.2 Å². The van der Waals surface area contributed by atoms with Gasteiger partial charge in [0.15, 0.2) is 5.82 Å². The van der Waals surface area contributed by atoms with E-state index in [4.69, 9.17) is 0 Å². The van der Waals surface area contributed by atoms with Crippen LogP contribution in [0.15, 0.2) is 23.2 Å². The number of aromatic amines is 1. The van der Waals surface area contributed by atoms with Crippen molar-refractivity contribution in [1.82, 2.24) is 19.7 Å². The number of carbonyl (C=O) groups is 1. The van der Waals surface area contributed by atoms with Crippen molar-refractivity contribution in [2.45, 2.75) is 49.3 Å². The lowest BCUT2D eigenvalue weighted by molar-refractivity contribution is 0.0787. The van der Waals surface area contributed by atoms with Gasteiger partial charge in [-0.1, -0.05) is 12.8 Å². The second-order valence-corrected chi connectivity index (χ2v) is 9.10. The zero-order valence-electron chi connectivity index (χ0n) is 15.4. The van der Waals surface area contributed by atoms with Gasteiger partial charge in [-0.2, -0.15) is 5.10 Å². The van der Waals surface area contributed by atoms with Gasteiger partial charge < -0.3 is 9.88 Å². The summed E-state index contributed by atoms with van der Waals surface area (Å²) in [6.45, 7) is 1.44. The van der Waals surface area contributed by atoms with Crippen LogP contribution in [0, 0.1) is 0 Å². The molecule has 2 fully saturated rings. The van der Waals surface area contributed by atoms with E-state index < -0.39 is 10.0 Å². The number of aryl methyl sites for hydroxylation is 1. The minimum Gasteiger partial charge on any atom is -0.356 e. The lowest BCUT2D eigenvalue weighted by Gasteiger charge is -2.13. The molecular weight excluding hydrogens is 366 g/mol. The summed E-state index contributed by atoms with van der Waals surface area (Å²) in [6.07, 6.45) is 7.97. The first-order valence-electron chi connectivity index (χ1n) is 9.48. The number of hydrogen-bond donors (Lipinski definition) is 2. The Labute approximate surface area is 159 Å². The molecule has 0 radical (unpaired) electrons. The summed E-state index contributed by atoms with van der Waals surface area (Å²) < 4.78 is 29.7. The second kappa shape index (κ2) is 7.03. The smallest absolute Gasteiger partial charge is 0.270 e. The molecule has 1 amide bonds. The number of nitrogens with one attached hydrogen (secondary N) is 2. The molecule has 146 valence electrons. The molecule has 1 saturated heterocycles. The Morgan fingerprint density at radius 3 is 2.59 bits per heavy atom. The summed E-state index contributed by atoms with van der Waals surface area (Å²) >= 11 is 0. The first kappa shape index (κ1) is 18.1. The molecule has 2 aliphatic rings. The standard InChI is InChI=1S/C18H25N5O3S/c1-22-16(13-6-2-3-7-13)11-17(20-22)21-27(25,26)14-10-15(19-12-14)18(24)23-8-4-5-9-23/h10-13,19H,2-9H2,1H3,(H,20,21). The highest BCUT2D eigenvalue weighted by Crippen LogP contribution is 2.35. The van der Waals surface area contributed by atoms with Crippen molar-refractivity contribution in [1.29, 1.82) is 0 Å². The molecule has 0 spiro atoms. The fraction of sp³-hybridized carbons (Fsp3) is 0.556. The molecule has 1 aliphatic carbocycles. The van der Waals surface area contributed by atoms with Crippen LogP contribution in [-0.2, 0) is 17.1 Å². The van der Waals surface area contributed by atoms with E-state index in [1.807, 2.05) is 13.1 Å². The van der Waals surface area contributed by atoms with Crippen LogP contribution in [0.1, 0.15) is 60.6 Å². The maximum absolute atomic E-state index is 12.7. The van der Waals surface area contributed by atoms with Crippen LogP contribution in [0.25, 0.3) is 0 Å². The van der Waals surface area contributed by atoms with E-state index >= 15 is 0 Å². The minimum atomic E-state index is -3.80. The first-order chi connectivity index (χ1) is 12.9. The van der Waals surface area contributed by atoms with Gasteiger partial charge in [0.1, 0.15) is 10.6 Å². The van der Waals surface area contributed by atoms with Crippen molar-refractivity contribution >= 4 is 21.7 Å². The summed E-state index contributed by atoms with van der Waals surface area (Å²) in [5, 5.41) is 4.31. The predicted molar refractivity (Wildman–Crippen MR) is 101 cm³/mol. The van der Waals surface area contributed by atoms with E-state index in [0.29, 0.717) is 17.4 Å². The molecule has 1 saturated carbocycles. The third-order valence-electron chi connectivity index (χ3n) is 5.52. The fourth-order valence-electron chi connectivity index (χ4n) is 4.08. The zero-order chi connectivity index (χ0) is 19.0. The van der Waals surface area contributed by atoms with Crippen molar-refractivity contribution in [2.24, 2.45) is 7.05 Å². The van der Waals surface area contributed by atoms with E-state index in [9.17, 15) is 13.2 Å². The Hall–Kier alpha value is -2.29. The number of carbonyl (C=O) groups excluding carboxylic acids is 1. The number of amides is 1. The van der Waals surface area contributed by atoms with Gasteiger partial charge in [0.25, 0.3) is 15.9 Å². The van der Waals surface area contributed by atoms with E-state index in [0.717, 1.165) is 44.5 Å². The normalized spacial score (nSPS) is 18.3. The SMILES string of the molecule is Cn1nc(NS(=O)(=O)c2c[nH]c(C(=O)N3CCCC3)c2)cc1C1CCCC1. The maximum Gasteiger partial charge on any atom is 0.270 e. The predicted octanol–water partition coefficient (Wildman–Crippen LogP) is 2.44. The highest BCUT2D eigenvalue weighted by molar-refractivity contribution is 7.92. The van der Waals surface area contributed by atoms with Crippen molar-refractivity contribution in [3.05, 3.63) is 29.7 Å². The third kappa shape index (κ3) is 3.60. The highest BCUT2D eigenvalue weighted by Gasteiger charge is 2.25. The zero-order valence-corrected chi connectivity index (χ0v) is 16.3. The molecule has 3 heterocycles. The number of hydrogen-bond acceptors (Lipinski definition) is 4. The molecule has 9 heteroatoms. The number of likely N-dealkylation sites (tertiary alicyclic amines) is 1. The summed E-state index contributed by atoms with van der Waals surface area (Å²) in [5.74, 6) is 0.598. The molecule has 8 nitrogen and oxygen atoms in total. The summed E-state index contributed by atoms with van der Waals surface area (Å²) in [7, 11) is -1.96. The van der Waals surface area contributed by atoms with Gasteiger partial charge >= 0.3 is 0 Å². The van der Waals surface area contributed by atoms with Crippen LogP contribution >= 0.6 is 0 Å². The maximum atomic E-state index is 12.7. The monoisotopic (exact) mass is 391 g/mol. The molecule has 0 aromatic carbocycles. The van der Waals surface area contributed by atoms with E-state index in [-0.39, 0.29) is 10.8 Å². The lowest BCUT2D eigenvalue weighted by atomic mass is 10.0. The van der Waals surface area contributed by atoms with Gasteiger partial charge in [0.05, 0.1) is 0 Å². The van der Waals surface area contributed by atoms with Crippen LogP contribution in [0.3, 0.4) is 0 Å². The van der Waals surface area contributed by atoms with Crippen LogP contribution in [-0.4, -0.2) is 47.1 Å². The average Bonchev–Trinajstić information content (AvgIpc) is 3.41. The molecule has 0 atom stereocenters. The Bertz CT molecular complexity index is 934. The summed E-state index contributed by atoms with van der Waals surface area (Å²) in [6, 6.07) is 3.21. The quantitative estimate of drug-likeness (QED) is 0.817. The molecule has 2 N–H and O–H groups in total. The van der Waals surface area contributed by atoms with Crippen LogP contribution < -0.4 is 4.72 Å². The number of aromatic nitrogens is 3. The summed E-state index contributed by atoms with van der Waals surface area (Å²) in [5.41, 5.74) is 1.36. The van der Waals surface area contributed by atoms with Crippen molar-refractivity contribution in [3.63, 3.8) is 0 Å². The molecule has 0 unspecified atom stereocenters. The fourth-order valence-corrected chi connectivity index (χ4v) is 5.06. The molecule has 4 rings (SSSR count). The lowest BCUT2D eigenvalue weighted by Crippen LogP contribution is -2.27. The summed E-state index contributed by atoms with van der Waals surface area (Å²) in [4.78, 5) is 17.0. The van der Waals surface area contributed by atoms with Crippen molar-refractivity contribution in [2.75, 3.05) is 17.8 Å². The Morgan fingerprint density at radius 1 is 1.19 bits per heavy atom. The van der Waals surface area contributed by atoms with Gasteiger partial charge in [-0.3, -0.25) is 14.2 Å². The van der Waals surface area contributed by atoms with E-state index in [1.54, 1.807) is 9.58 Å². The minimum absolute atomic E-state index is 0.0399. The van der Waals surface area contributed by atoms with Gasteiger partial charge in [-0.05, 0) is 31.7 Å². The van der Waals surface area contributed by atoms with Gasteiger partial charge in [-0.25, -0.2) is 8.42 Å². The molecule has 0 bridgehead atoms. The average molecular weight is 391 g/mol. The van der Waals surface area contributed by atoms with E-state index in [1.165, 1.54) is 25.1 Å².